The number of benzene rings is 1. The van der Waals surface area contributed by atoms with Gasteiger partial charge in [-0.15, -0.1) is 0 Å². The lowest BCUT2D eigenvalue weighted by Gasteiger charge is -2.11. The van der Waals surface area contributed by atoms with Crippen LogP contribution in [-0.2, 0) is 6.42 Å². The van der Waals surface area contributed by atoms with Gasteiger partial charge in [0.05, 0.1) is 0 Å². The summed E-state index contributed by atoms with van der Waals surface area (Å²) < 4.78 is 1.25. The van der Waals surface area contributed by atoms with Crippen molar-refractivity contribution in [1.82, 2.24) is 5.32 Å². The summed E-state index contributed by atoms with van der Waals surface area (Å²) in [5, 5.41) is 3.33. The van der Waals surface area contributed by atoms with E-state index < -0.39 is 0 Å². The van der Waals surface area contributed by atoms with E-state index in [-0.39, 0.29) is 0 Å². The van der Waals surface area contributed by atoms with Crippen molar-refractivity contribution in [3.8, 4) is 0 Å². The molecule has 0 bridgehead atoms. The predicted molar refractivity (Wildman–Crippen MR) is 54.3 cm³/mol. The van der Waals surface area contributed by atoms with E-state index in [1.54, 1.807) is 0 Å². The molecule has 0 fully saturated rings. The predicted octanol–water partition coefficient (Wildman–Crippen LogP) is 2.66. The van der Waals surface area contributed by atoms with Crippen molar-refractivity contribution in [3.63, 3.8) is 0 Å². The molecule has 0 saturated heterocycles. The summed E-state index contributed by atoms with van der Waals surface area (Å²) in [4.78, 5) is 0. The molecule has 0 aromatic heterocycles. The van der Waals surface area contributed by atoms with E-state index in [9.17, 15) is 0 Å². The van der Waals surface area contributed by atoms with E-state index in [4.69, 9.17) is 0 Å². The minimum absolute atomic E-state index is 0.551. The fourth-order valence-corrected chi connectivity index (χ4v) is 2.61. The maximum atomic E-state index is 3.59. The number of rotatable bonds is 1. The molecule has 1 atom stereocenters. The summed E-state index contributed by atoms with van der Waals surface area (Å²) in [6, 6.07) is 7.00. The molecule has 1 nitrogen and oxygen atoms in total. The van der Waals surface area contributed by atoms with Crippen LogP contribution >= 0.6 is 15.9 Å². The Labute approximate surface area is 81.3 Å². The number of hydrogen-bond donors (Lipinski definition) is 1. The van der Waals surface area contributed by atoms with Gasteiger partial charge in [0.25, 0.3) is 0 Å². The number of nitrogens with one attached hydrogen (secondary N) is 1. The maximum Gasteiger partial charge on any atom is 0.0334 e. The van der Waals surface area contributed by atoms with Crippen molar-refractivity contribution >= 4 is 15.9 Å². The molecule has 2 rings (SSSR count). The van der Waals surface area contributed by atoms with Gasteiger partial charge in [-0.3, -0.25) is 0 Å². The van der Waals surface area contributed by atoms with Crippen LogP contribution < -0.4 is 5.32 Å². The summed E-state index contributed by atoms with van der Waals surface area (Å²) >= 11 is 3.59. The van der Waals surface area contributed by atoms with Crippen molar-refractivity contribution in [1.29, 1.82) is 0 Å². The van der Waals surface area contributed by atoms with Gasteiger partial charge in [0.15, 0.2) is 0 Å². The van der Waals surface area contributed by atoms with Gasteiger partial charge in [0.1, 0.15) is 0 Å². The minimum Gasteiger partial charge on any atom is -0.313 e. The molecular weight excluding hydrogens is 214 g/mol. The van der Waals surface area contributed by atoms with E-state index in [0.29, 0.717) is 6.04 Å². The van der Waals surface area contributed by atoms with Crippen LogP contribution in [0.15, 0.2) is 22.7 Å². The first-order valence-electron chi connectivity index (χ1n) is 4.27. The molecule has 1 unspecified atom stereocenters. The number of aryl methyl sites for hydroxylation is 1. The molecule has 0 radical (unpaired) electrons. The van der Waals surface area contributed by atoms with Crippen LogP contribution in [0.25, 0.3) is 0 Å². The quantitative estimate of drug-likeness (QED) is 0.776. The Morgan fingerprint density at radius 3 is 3.08 bits per heavy atom. The smallest absolute Gasteiger partial charge is 0.0334 e. The Bertz CT molecular complexity index is 296. The first-order chi connectivity index (χ1) is 5.83. The Balaban J connectivity index is 2.48. The Morgan fingerprint density at radius 2 is 2.33 bits per heavy atom. The summed E-state index contributed by atoms with van der Waals surface area (Å²) in [6.07, 6.45) is 2.44. The Hall–Kier alpha value is -0.340. The van der Waals surface area contributed by atoms with Crippen LogP contribution in [-0.4, -0.2) is 7.05 Å². The largest absolute Gasteiger partial charge is 0.313 e. The monoisotopic (exact) mass is 225 g/mol. The third-order valence-electron chi connectivity index (χ3n) is 2.54. The van der Waals surface area contributed by atoms with E-state index in [0.717, 1.165) is 0 Å². The van der Waals surface area contributed by atoms with Crippen LogP contribution in [0.3, 0.4) is 0 Å². The fourth-order valence-electron chi connectivity index (χ4n) is 1.92. The van der Waals surface area contributed by atoms with Gasteiger partial charge in [0, 0.05) is 10.5 Å². The molecule has 2 heteroatoms. The Morgan fingerprint density at radius 1 is 1.50 bits per heavy atom. The van der Waals surface area contributed by atoms with Crippen molar-refractivity contribution in [3.05, 3.63) is 33.8 Å². The van der Waals surface area contributed by atoms with Crippen LogP contribution in [0.4, 0.5) is 0 Å². The molecule has 0 heterocycles. The lowest BCUT2D eigenvalue weighted by atomic mass is 10.1. The maximum absolute atomic E-state index is 3.59. The molecule has 64 valence electrons. The number of fused-ring (bicyclic) bond motifs is 1. The molecule has 12 heavy (non-hydrogen) atoms. The average Bonchev–Trinajstić information content (AvgIpc) is 2.49. The lowest BCUT2D eigenvalue weighted by molar-refractivity contribution is 0.589. The molecule has 0 amide bonds. The highest BCUT2D eigenvalue weighted by molar-refractivity contribution is 9.10. The molecule has 1 aromatic carbocycles. The van der Waals surface area contributed by atoms with Gasteiger partial charge < -0.3 is 5.32 Å². The first-order valence-corrected chi connectivity index (χ1v) is 5.07. The van der Waals surface area contributed by atoms with Crippen molar-refractivity contribution in [2.75, 3.05) is 7.05 Å². The third kappa shape index (κ3) is 1.19. The minimum atomic E-state index is 0.551. The number of hydrogen-bond acceptors (Lipinski definition) is 1. The van der Waals surface area contributed by atoms with Crippen molar-refractivity contribution < 1.29 is 0 Å². The SMILES string of the molecule is CNC1CCc2cccc(Br)c21. The zero-order chi connectivity index (χ0) is 8.55. The van der Waals surface area contributed by atoms with Gasteiger partial charge in [-0.2, -0.15) is 0 Å². The van der Waals surface area contributed by atoms with Crippen LogP contribution in [0.1, 0.15) is 23.6 Å². The zero-order valence-electron chi connectivity index (χ0n) is 7.10. The highest BCUT2D eigenvalue weighted by Crippen LogP contribution is 2.35. The molecule has 0 spiro atoms. The van der Waals surface area contributed by atoms with Crippen LogP contribution in [0, 0.1) is 0 Å². The van der Waals surface area contributed by atoms with E-state index >= 15 is 0 Å². The normalized spacial score (nSPS) is 21.0. The fraction of sp³-hybridized carbons (Fsp3) is 0.400. The summed E-state index contributed by atoms with van der Waals surface area (Å²) in [7, 11) is 2.03. The lowest BCUT2D eigenvalue weighted by Crippen LogP contribution is -2.13. The molecule has 0 saturated carbocycles. The van der Waals surface area contributed by atoms with Gasteiger partial charge in [0.2, 0.25) is 0 Å². The van der Waals surface area contributed by atoms with Crippen LogP contribution in [0.5, 0.6) is 0 Å². The summed E-state index contributed by atoms with van der Waals surface area (Å²) in [6.45, 7) is 0. The second-order valence-electron chi connectivity index (χ2n) is 3.19. The van der Waals surface area contributed by atoms with Gasteiger partial charge in [-0.1, -0.05) is 28.1 Å². The molecular formula is C10H12BrN. The number of halogens is 1. The van der Waals surface area contributed by atoms with E-state index in [2.05, 4.69) is 39.4 Å². The molecule has 0 aliphatic heterocycles. The molecule has 1 aliphatic carbocycles. The summed E-state index contributed by atoms with van der Waals surface area (Å²) in [5.41, 5.74) is 2.95. The summed E-state index contributed by atoms with van der Waals surface area (Å²) in [5.74, 6) is 0. The van der Waals surface area contributed by atoms with E-state index in [1.807, 2.05) is 7.05 Å². The first kappa shape index (κ1) is 8.27. The Kier molecular flexibility index (Phi) is 2.20. The second kappa shape index (κ2) is 3.19. The molecule has 1 aromatic rings. The van der Waals surface area contributed by atoms with E-state index in [1.165, 1.54) is 28.4 Å². The third-order valence-corrected chi connectivity index (χ3v) is 3.23. The standard InChI is InChI=1S/C10H12BrN/c1-12-9-6-5-7-3-2-4-8(11)10(7)9/h2-4,9,12H,5-6H2,1H3. The van der Waals surface area contributed by atoms with Gasteiger partial charge in [-0.25, -0.2) is 0 Å². The topological polar surface area (TPSA) is 12.0 Å². The highest BCUT2D eigenvalue weighted by atomic mass is 79.9. The van der Waals surface area contributed by atoms with Crippen molar-refractivity contribution in [2.24, 2.45) is 0 Å². The molecule has 1 aliphatic rings. The zero-order valence-corrected chi connectivity index (χ0v) is 8.69. The highest BCUT2D eigenvalue weighted by Gasteiger charge is 2.22. The second-order valence-corrected chi connectivity index (χ2v) is 4.05. The van der Waals surface area contributed by atoms with Gasteiger partial charge in [-0.05, 0) is 37.1 Å². The van der Waals surface area contributed by atoms with Crippen molar-refractivity contribution in [2.45, 2.75) is 18.9 Å². The van der Waals surface area contributed by atoms with Crippen LogP contribution in [0.2, 0.25) is 0 Å². The van der Waals surface area contributed by atoms with Gasteiger partial charge >= 0.3 is 0 Å². The average molecular weight is 226 g/mol. The molecule has 1 N–H and O–H groups in total.